The monoisotopic (exact) mass is 447 g/mol. The second-order valence-corrected chi connectivity index (χ2v) is 8.86. The number of nitrogens with zero attached hydrogens (tertiary/aromatic N) is 5. The lowest BCUT2D eigenvalue weighted by Gasteiger charge is -2.38. The fourth-order valence-corrected chi connectivity index (χ4v) is 4.58. The number of hydrogen-bond donors (Lipinski definition) is 2. The van der Waals surface area contributed by atoms with Gasteiger partial charge in [0.1, 0.15) is 11.0 Å². The first-order valence-electron chi connectivity index (χ1n) is 11.0. The fourth-order valence-electron chi connectivity index (χ4n) is 4.58. The van der Waals surface area contributed by atoms with Crippen LogP contribution >= 0.6 is 0 Å². The minimum absolute atomic E-state index is 0.223. The number of imidazole rings is 1. The Morgan fingerprint density at radius 1 is 1.09 bits per heavy atom. The smallest absolute Gasteiger partial charge is 0.257 e. The van der Waals surface area contributed by atoms with Gasteiger partial charge in [-0.1, -0.05) is 0 Å². The Balaban J connectivity index is 1.53. The van der Waals surface area contributed by atoms with Crippen LogP contribution < -0.4 is 15.5 Å². The number of amides is 1. The summed E-state index contributed by atoms with van der Waals surface area (Å²) in [6.07, 6.45) is 5.01. The number of carbonyl (C=O) groups is 1. The average molecular weight is 448 g/mol. The number of benzene rings is 1. The summed E-state index contributed by atoms with van der Waals surface area (Å²) in [5, 5.41) is 6.34. The molecule has 4 aromatic rings. The van der Waals surface area contributed by atoms with Crippen LogP contribution in [0.1, 0.15) is 35.6 Å². The van der Waals surface area contributed by atoms with Crippen LogP contribution in [0.2, 0.25) is 0 Å². The number of rotatable bonds is 3. The third-order valence-electron chi connectivity index (χ3n) is 5.83. The van der Waals surface area contributed by atoms with Crippen molar-refractivity contribution >= 4 is 34.0 Å². The van der Waals surface area contributed by atoms with Gasteiger partial charge in [-0.3, -0.25) is 9.78 Å². The van der Waals surface area contributed by atoms with Crippen molar-refractivity contribution in [3.63, 3.8) is 0 Å². The maximum atomic E-state index is 14.5. The van der Waals surface area contributed by atoms with Gasteiger partial charge in [0.2, 0.25) is 0 Å². The van der Waals surface area contributed by atoms with E-state index in [0.29, 0.717) is 40.1 Å². The largest absolute Gasteiger partial charge is 0.367 e. The van der Waals surface area contributed by atoms with E-state index in [2.05, 4.69) is 39.3 Å². The fraction of sp³-hybridized carbons (Fsp3) is 0.333. The first kappa shape index (κ1) is 21.3. The number of hydrogen-bond acceptors (Lipinski definition) is 6. The zero-order chi connectivity index (χ0) is 23.3. The van der Waals surface area contributed by atoms with Crippen molar-refractivity contribution in [1.82, 2.24) is 24.7 Å². The minimum Gasteiger partial charge on any atom is -0.367 e. The predicted molar refractivity (Wildman–Crippen MR) is 126 cm³/mol. The molecule has 4 heterocycles. The molecule has 0 aliphatic carbocycles. The molecule has 2 atom stereocenters. The van der Waals surface area contributed by atoms with Crippen molar-refractivity contribution in [2.75, 3.05) is 23.3 Å². The summed E-state index contributed by atoms with van der Waals surface area (Å²) in [6.45, 7) is 9.66. The van der Waals surface area contributed by atoms with E-state index in [4.69, 9.17) is 4.98 Å². The molecule has 0 radical (unpaired) electrons. The lowest BCUT2D eigenvalue weighted by Crippen LogP contribution is -2.54. The van der Waals surface area contributed by atoms with Gasteiger partial charge in [-0.25, -0.2) is 14.4 Å². The van der Waals surface area contributed by atoms with E-state index in [0.717, 1.165) is 24.5 Å². The molecular formula is C24H26FN7O. The molecule has 33 heavy (non-hydrogen) atoms. The first-order valence-corrected chi connectivity index (χ1v) is 11.0. The maximum absolute atomic E-state index is 14.5. The molecule has 0 saturated carbocycles. The van der Waals surface area contributed by atoms with Crippen molar-refractivity contribution in [1.29, 1.82) is 0 Å². The van der Waals surface area contributed by atoms with Gasteiger partial charge in [-0.15, -0.1) is 0 Å². The van der Waals surface area contributed by atoms with Gasteiger partial charge in [0.25, 0.3) is 5.91 Å². The van der Waals surface area contributed by atoms with Crippen LogP contribution in [-0.2, 0) is 0 Å². The van der Waals surface area contributed by atoms with Crippen molar-refractivity contribution in [2.24, 2.45) is 0 Å². The molecule has 1 aromatic carbocycles. The van der Waals surface area contributed by atoms with Gasteiger partial charge in [0.05, 0.1) is 28.3 Å². The summed E-state index contributed by atoms with van der Waals surface area (Å²) in [4.78, 5) is 28.9. The molecule has 1 aliphatic rings. The van der Waals surface area contributed by atoms with Crippen molar-refractivity contribution in [2.45, 2.75) is 39.8 Å². The molecule has 0 bridgehead atoms. The van der Waals surface area contributed by atoms with Crippen molar-refractivity contribution in [3.8, 4) is 0 Å². The number of aromatic nitrogens is 4. The van der Waals surface area contributed by atoms with E-state index in [-0.39, 0.29) is 11.6 Å². The van der Waals surface area contributed by atoms with Crippen LogP contribution in [-0.4, -0.2) is 50.4 Å². The van der Waals surface area contributed by atoms with Crippen LogP contribution in [0.3, 0.4) is 0 Å². The van der Waals surface area contributed by atoms with Crippen molar-refractivity contribution < 1.29 is 9.18 Å². The van der Waals surface area contributed by atoms with E-state index in [1.165, 1.54) is 6.07 Å². The highest BCUT2D eigenvalue weighted by atomic mass is 19.1. The van der Waals surface area contributed by atoms with Gasteiger partial charge >= 0.3 is 0 Å². The molecule has 1 aliphatic heterocycles. The number of carbonyl (C=O) groups excluding carboxylic acids is 1. The Bertz CT molecular complexity index is 1370. The average Bonchev–Trinajstić information content (AvgIpc) is 3.12. The molecule has 1 amide bonds. The Kier molecular flexibility index (Phi) is 5.20. The molecule has 5 rings (SSSR count). The number of piperazine rings is 1. The molecule has 2 N–H and O–H groups in total. The van der Waals surface area contributed by atoms with Gasteiger partial charge < -0.3 is 19.9 Å². The summed E-state index contributed by atoms with van der Waals surface area (Å²) >= 11 is 0. The number of halogens is 1. The summed E-state index contributed by atoms with van der Waals surface area (Å²) in [7, 11) is 0. The van der Waals surface area contributed by atoms with Crippen LogP contribution in [0.15, 0.2) is 36.8 Å². The van der Waals surface area contributed by atoms with E-state index in [9.17, 15) is 9.18 Å². The highest BCUT2D eigenvalue weighted by molar-refractivity contribution is 6.13. The predicted octanol–water partition coefficient (Wildman–Crippen LogP) is 3.47. The molecule has 9 heteroatoms. The summed E-state index contributed by atoms with van der Waals surface area (Å²) in [5.41, 5.74) is 4.59. The van der Waals surface area contributed by atoms with E-state index in [1.54, 1.807) is 36.0 Å². The quantitative estimate of drug-likeness (QED) is 0.500. The first-order chi connectivity index (χ1) is 15.8. The standard InChI is InChI=1S/C24H26FN7O/c1-13-8-26-21-18(5-6-20(22(21)28-13)31-9-14(2)27-15(3)10-31)24(33)30-17-7-19(25)23-29-16(4)11-32(23)12-17/h5-8,11-12,14-15,27H,9-10H2,1-4H3,(H,30,33)/t14-,15-/m0/s1. The molecular weight excluding hydrogens is 421 g/mol. The zero-order valence-corrected chi connectivity index (χ0v) is 19.1. The normalized spacial score (nSPS) is 18.8. The highest BCUT2D eigenvalue weighted by Crippen LogP contribution is 2.29. The SMILES string of the molecule is Cc1cnc2c(C(=O)Nc3cc(F)c4nc(C)cn4c3)ccc(N3C[C@H](C)N[C@@H](C)C3)c2n1. The summed E-state index contributed by atoms with van der Waals surface area (Å²) < 4.78 is 16.0. The molecule has 0 spiro atoms. The zero-order valence-electron chi connectivity index (χ0n) is 19.1. The Hall–Kier alpha value is -3.59. The molecule has 1 fully saturated rings. The number of aryl methyl sites for hydroxylation is 2. The Morgan fingerprint density at radius 3 is 2.61 bits per heavy atom. The summed E-state index contributed by atoms with van der Waals surface area (Å²) in [6, 6.07) is 5.64. The Morgan fingerprint density at radius 2 is 1.85 bits per heavy atom. The number of anilines is 2. The van der Waals surface area contributed by atoms with E-state index >= 15 is 0 Å². The molecule has 0 unspecified atom stereocenters. The molecule has 170 valence electrons. The molecule has 1 saturated heterocycles. The third kappa shape index (κ3) is 4.00. The minimum atomic E-state index is -0.501. The lowest BCUT2D eigenvalue weighted by atomic mass is 10.1. The molecule has 3 aromatic heterocycles. The third-order valence-corrected chi connectivity index (χ3v) is 5.83. The van der Waals surface area contributed by atoms with Crippen LogP contribution in [0.5, 0.6) is 0 Å². The van der Waals surface area contributed by atoms with E-state index in [1.807, 2.05) is 13.0 Å². The van der Waals surface area contributed by atoms with Crippen LogP contribution in [0, 0.1) is 19.7 Å². The molecule has 8 nitrogen and oxygen atoms in total. The van der Waals surface area contributed by atoms with Crippen LogP contribution in [0.4, 0.5) is 15.8 Å². The number of pyridine rings is 1. The number of fused-ring (bicyclic) bond motifs is 2. The van der Waals surface area contributed by atoms with Gasteiger partial charge in [-0.05, 0) is 39.8 Å². The van der Waals surface area contributed by atoms with E-state index < -0.39 is 5.82 Å². The second-order valence-electron chi connectivity index (χ2n) is 8.86. The number of nitrogens with one attached hydrogen (secondary N) is 2. The lowest BCUT2D eigenvalue weighted by molar-refractivity contribution is 0.102. The second kappa shape index (κ2) is 8.08. The van der Waals surface area contributed by atoms with Crippen molar-refractivity contribution in [3.05, 3.63) is 59.6 Å². The maximum Gasteiger partial charge on any atom is 0.257 e. The van der Waals surface area contributed by atoms with Gasteiger partial charge in [0, 0.05) is 49.8 Å². The van der Waals surface area contributed by atoms with Gasteiger partial charge in [-0.2, -0.15) is 0 Å². The van der Waals surface area contributed by atoms with Gasteiger partial charge in [0.15, 0.2) is 11.5 Å². The highest BCUT2D eigenvalue weighted by Gasteiger charge is 2.25. The van der Waals surface area contributed by atoms with Crippen LogP contribution in [0.25, 0.3) is 16.7 Å². The topological polar surface area (TPSA) is 87.5 Å². The summed E-state index contributed by atoms with van der Waals surface area (Å²) in [5.74, 6) is -0.874. The Labute approximate surface area is 190 Å².